The minimum absolute atomic E-state index is 1.09. The molecular formula is C10H12N2. The maximum atomic E-state index is 4.28. The molecule has 0 unspecified atom stereocenters. The van der Waals surface area contributed by atoms with E-state index < -0.39 is 0 Å². The highest BCUT2D eigenvalue weighted by Gasteiger charge is 2.06. The van der Waals surface area contributed by atoms with E-state index in [0.717, 1.165) is 18.5 Å². The Bertz CT molecular complexity index is 316. The summed E-state index contributed by atoms with van der Waals surface area (Å²) < 4.78 is 0. The van der Waals surface area contributed by atoms with Crippen LogP contribution in [0.2, 0.25) is 0 Å². The van der Waals surface area contributed by atoms with Crippen LogP contribution in [0.4, 0.5) is 0 Å². The summed E-state index contributed by atoms with van der Waals surface area (Å²) in [5.41, 5.74) is 3.53. The topological polar surface area (TPSA) is 25.8 Å². The highest BCUT2D eigenvalue weighted by molar-refractivity contribution is 5.54. The Morgan fingerprint density at radius 3 is 3.17 bits per heavy atom. The molecule has 1 aliphatic carbocycles. The molecule has 2 nitrogen and oxygen atoms in total. The van der Waals surface area contributed by atoms with E-state index in [4.69, 9.17) is 0 Å². The highest BCUT2D eigenvalue weighted by atomic mass is 14.8. The third-order valence-electron chi connectivity index (χ3n) is 2.23. The van der Waals surface area contributed by atoms with Crippen molar-refractivity contribution in [1.29, 1.82) is 0 Å². The summed E-state index contributed by atoms with van der Waals surface area (Å²) in [4.78, 5) is 8.45. The number of fused-ring (bicyclic) bond motifs is 1. The Balaban J connectivity index is 2.53. The third kappa shape index (κ3) is 1.24. The van der Waals surface area contributed by atoms with Crippen LogP contribution >= 0.6 is 0 Å². The van der Waals surface area contributed by atoms with E-state index in [9.17, 15) is 0 Å². The molecule has 0 radical (unpaired) electrons. The molecule has 0 bridgehead atoms. The predicted molar refractivity (Wildman–Crippen MR) is 48.7 cm³/mol. The van der Waals surface area contributed by atoms with Crippen molar-refractivity contribution in [2.75, 3.05) is 0 Å². The molecule has 62 valence electrons. The molecule has 0 amide bonds. The summed E-state index contributed by atoms with van der Waals surface area (Å²) in [6, 6.07) is 0. The van der Waals surface area contributed by atoms with Gasteiger partial charge in [0.15, 0.2) is 0 Å². The van der Waals surface area contributed by atoms with Gasteiger partial charge < -0.3 is 0 Å². The molecule has 0 saturated carbocycles. The molecule has 1 aliphatic rings. The SMILES string of the molecule is Cc1ncnc2c1C=CCCC2. The first-order chi connectivity index (χ1) is 5.88. The number of hydrogen-bond donors (Lipinski definition) is 0. The fourth-order valence-electron chi connectivity index (χ4n) is 1.54. The van der Waals surface area contributed by atoms with E-state index in [-0.39, 0.29) is 0 Å². The number of aromatic nitrogens is 2. The Labute approximate surface area is 72.4 Å². The Morgan fingerprint density at radius 1 is 1.33 bits per heavy atom. The van der Waals surface area contributed by atoms with Gasteiger partial charge in [0.2, 0.25) is 0 Å². The molecule has 1 heterocycles. The molecule has 0 aliphatic heterocycles. The normalized spacial score (nSPS) is 15.4. The van der Waals surface area contributed by atoms with Gasteiger partial charge in [-0.1, -0.05) is 12.2 Å². The Morgan fingerprint density at radius 2 is 2.25 bits per heavy atom. The van der Waals surface area contributed by atoms with Crippen molar-refractivity contribution < 1.29 is 0 Å². The average Bonchev–Trinajstić information content (AvgIpc) is 2.30. The maximum Gasteiger partial charge on any atom is 0.115 e. The van der Waals surface area contributed by atoms with E-state index in [1.807, 2.05) is 6.92 Å². The van der Waals surface area contributed by atoms with Crippen molar-refractivity contribution in [2.45, 2.75) is 26.2 Å². The highest BCUT2D eigenvalue weighted by Crippen LogP contribution is 2.17. The number of aryl methyl sites for hydroxylation is 2. The predicted octanol–water partition coefficient (Wildman–Crippen LogP) is 2.13. The van der Waals surface area contributed by atoms with Crippen LogP contribution in [0, 0.1) is 6.92 Å². The fraction of sp³-hybridized carbons (Fsp3) is 0.400. The van der Waals surface area contributed by atoms with E-state index in [2.05, 4.69) is 22.1 Å². The van der Waals surface area contributed by atoms with Gasteiger partial charge in [-0.25, -0.2) is 9.97 Å². The zero-order valence-electron chi connectivity index (χ0n) is 7.25. The van der Waals surface area contributed by atoms with E-state index >= 15 is 0 Å². The van der Waals surface area contributed by atoms with Gasteiger partial charge in [-0.05, 0) is 26.2 Å². The first-order valence-corrected chi connectivity index (χ1v) is 4.35. The van der Waals surface area contributed by atoms with E-state index in [0.29, 0.717) is 0 Å². The summed E-state index contributed by atoms with van der Waals surface area (Å²) >= 11 is 0. The summed E-state index contributed by atoms with van der Waals surface area (Å²) in [6.45, 7) is 2.04. The zero-order valence-corrected chi connectivity index (χ0v) is 7.25. The van der Waals surface area contributed by atoms with Crippen LogP contribution in [0.25, 0.3) is 6.08 Å². The molecular weight excluding hydrogens is 148 g/mol. The van der Waals surface area contributed by atoms with Crippen LogP contribution < -0.4 is 0 Å². The fourth-order valence-corrected chi connectivity index (χ4v) is 1.54. The van der Waals surface area contributed by atoms with Crippen molar-refractivity contribution in [3.8, 4) is 0 Å². The molecule has 12 heavy (non-hydrogen) atoms. The van der Waals surface area contributed by atoms with Gasteiger partial charge in [-0.15, -0.1) is 0 Å². The smallest absolute Gasteiger partial charge is 0.115 e. The molecule has 1 aromatic rings. The van der Waals surface area contributed by atoms with Gasteiger partial charge >= 0.3 is 0 Å². The van der Waals surface area contributed by atoms with Crippen molar-refractivity contribution in [3.05, 3.63) is 29.4 Å². The number of rotatable bonds is 0. The lowest BCUT2D eigenvalue weighted by atomic mass is 10.1. The molecule has 2 rings (SSSR count). The third-order valence-corrected chi connectivity index (χ3v) is 2.23. The first kappa shape index (κ1) is 7.47. The maximum absolute atomic E-state index is 4.28. The second-order valence-electron chi connectivity index (χ2n) is 3.11. The van der Waals surface area contributed by atoms with E-state index in [1.54, 1.807) is 6.33 Å². The minimum atomic E-state index is 1.09. The Hall–Kier alpha value is -1.18. The van der Waals surface area contributed by atoms with E-state index in [1.165, 1.54) is 17.7 Å². The monoisotopic (exact) mass is 160 g/mol. The van der Waals surface area contributed by atoms with Crippen LogP contribution in [0.15, 0.2) is 12.4 Å². The lowest BCUT2D eigenvalue weighted by molar-refractivity contribution is 0.817. The molecule has 0 N–H and O–H groups in total. The lowest BCUT2D eigenvalue weighted by Gasteiger charge is -2.03. The number of nitrogens with zero attached hydrogens (tertiary/aromatic N) is 2. The molecule has 0 aromatic carbocycles. The second-order valence-corrected chi connectivity index (χ2v) is 3.11. The largest absolute Gasteiger partial charge is 0.241 e. The second kappa shape index (κ2) is 3.05. The lowest BCUT2D eigenvalue weighted by Crippen LogP contribution is -1.97. The van der Waals surface area contributed by atoms with Gasteiger partial charge in [0, 0.05) is 11.3 Å². The minimum Gasteiger partial charge on any atom is -0.241 e. The van der Waals surface area contributed by atoms with Crippen LogP contribution in [-0.2, 0) is 6.42 Å². The Kier molecular flexibility index (Phi) is 1.90. The van der Waals surface area contributed by atoms with Crippen LogP contribution in [0.3, 0.4) is 0 Å². The molecule has 2 heteroatoms. The summed E-state index contributed by atoms with van der Waals surface area (Å²) in [5, 5.41) is 0. The standard InChI is InChI=1S/C10H12N2/c1-8-9-5-3-2-4-6-10(9)12-7-11-8/h3,5,7H,2,4,6H2,1H3. The van der Waals surface area contributed by atoms with Crippen LogP contribution in [0.5, 0.6) is 0 Å². The molecule has 0 atom stereocenters. The van der Waals surface area contributed by atoms with Crippen molar-refractivity contribution in [2.24, 2.45) is 0 Å². The molecule has 0 saturated heterocycles. The summed E-state index contributed by atoms with van der Waals surface area (Å²) in [7, 11) is 0. The van der Waals surface area contributed by atoms with Gasteiger partial charge in [0.1, 0.15) is 6.33 Å². The molecule has 0 fully saturated rings. The number of hydrogen-bond acceptors (Lipinski definition) is 2. The van der Waals surface area contributed by atoms with Gasteiger partial charge in [-0.3, -0.25) is 0 Å². The quantitative estimate of drug-likeness (QED) is 0.581. The van der Waals surface area contributed by atoms with Crippen molar-refractivity contribution in [3.63, 3.8) is 0 Å². The first-order valence-electron chi connectivity index (χ1n) is 4.35. The van der Waals surface area contributed by atoms with Gasteiger partial charge in [0.05, 0.1) is 5.69 Å². The average molecular weight is 160 g/mol. The van der Waals surface area contributed by atoms with Crippen molar-refractivity contribution >= 4 is 6.08 Å². The molecule has 1 aromatic heterocycles. The zero-order chi connectivity index (χ0) is 8.39. The van der Waals surface area contributed by atoms with Crippen LogP contribution in [-0.4, -0.2) is 9.97 Å². The summed E-state index contributed by atoms with van der Waals surface area (Å²) in [5.74, 6) is 0. The van der Waals surface area contributed by atoms with Crippen LogP contribution in [0.1, 0.15) is 29.8 Å². The van der Waals surface area contributed by atoms with Gasteiger partial charge in [-0.2, -0.15) is 0 Å². The molecule has 0 spiro atoms. The van der Waals surface area contributed by atoms with Gasteiger partial charge in [0.25, 0.3) is 0 Å². The number of allylic oxidation sites excluding steroid dienone is 1. The summed E-state index contributed by atoms with van der Waals surface area (Å²) in [6.07, 6.45) is 9.48. The van der Waals surface area contributed by atoms with Crippen molar-refractivity contribution in [1.82, 2.24) is 9.97 Å².